The monoisotopic (exact) mass is 224 g/mol. The van der Waals surface area contributed by atoms with Crippen molar-refractivity contribution in [1.82, 2.24) is 14.7 Å². The van der Waals surface area contributed by atoms with E-state index in [1.54, 1.807) is 11.3 Å². The quantitative estimate of drug-likeness (QED) is 0.716. The lowest BCUT2D eigenvalue weighted by atomic mass is 10.3. The molecule has 0 saturated carbocycles. The minimum Gasteiger partial charge on any atom is -0.330 e. The third kappa shape index (κ3) is 2.56. The number of nitrogens with two attached hydrogens (primary N) is 1. The van der Waals surface area contributed by atoms with Gasteiger partial charge in [-0.15, -0.1) is 11.3 Å². The van der Waals surface area contributed by atoms with Crippen LogP contribution in [-0.4, -0.2) is 29.0 Å². The molecule has 0 aromatic carbocycles. The van der Waals surface area contributed by atoms with Crippen molar-refractivity contribution in [3.63, 3.8) is 0 Å². The van der Waals surface area contributed by atoms with Gasteiger partial charge in [0, 0.05) is 36.4 Å². The topological polar surface area (TPSA) is 55.3 Å². The van der Waals surface area contributed by atoms with Gasteiger partial charge in [-0.1, -0.05) is 0 Å². The molecule has 15 heavy (non-hydrogen) atoms. The maximum Gasteiger partial charge on any atom is 0.193 e. The van der Waals surface area contributed by atoms with Gasteiger partial charge < -0.3 is 11.1 Å². The van der Waals surface area contributed by atoms with Crippen LogP contribution in [0, 0.1) is 0 Å². The van der Waals surface area contributed by atoms with Crippen molar-refractivity contribution < 1.29 is 0 Å². The summed E-state index contributed by atoms with van der Waals surface area (Å²) in [6, 6.07) is 0. The van der Waals surface area contributed by atoms with E-state index in [0.717, 1.165) is 37.4 Å². The minimum absolute atomic E-state index is 0.761. The zero-order valence-electron chi connectivity index (χ0n) is 8.65. The largest absolute Gasteiger partial charge is 0.330 e. The molecule has 2 aromatic rings. The fourth-order valence-corrected chi connectivity index (χ4v) is 2.41. The van der Waals surface area contributed by atoms with Crippen molar-refractivity contribution in [2.75, 3.05) is 19.6 Å². The molecular weight excluding hydrogens is 208 g/mol. The van der Waals surface area contributed by atoms with Gasteiger partial charge in [0.25, 0.3) is 0 Å². The molecule has 0 bridgehead atoms. The summed E-state index contributed by atoms with van der Waals surface area (Å²) in [5.41, 5.74) is 6.74. The molecule has 5 heteroatoms. The summed E-state index contributed by atoms with van der Waals surface area (Å²) in [6.45, 7) is 2.77. The van der Waals surface area contributed by atoms with Gasteiger partial charge in [-0.05, 0) is 19.5 Å². The van der Waals surface area contributed by atoms with Crippen molar-refractivity contribution in [1.29, 1.82) is 0 Å². The Morgan fingerprint density at radius 3 is 3.27 bits per heavy atom. The van der Waals surface area contributed by atoms with Gasteiger partial charge in [0.05, 0.1) is 0 Å². The van der Waals surface area contributed by atoms with Crippen LogP contribution < -0.4 is 11.1 Å². The fraction of sp³-hybridized carbons (Fsp3) is 0.500. The predicted octanol–water partition coefficient (Wildman–Crippen LogP) is 0.877. The highest BCUT2D eigenvalue weighted by Crippen LogP contribution is 2.14. The highest BCUT2D eigenvalue weighted by Gasteiger charge is 2.02. The lowest BCUT2D eigenvalue weighted by Crippen LogP contribution is -2.21. The number of nitrogens with one attached hydrogen (secondary N) is 1. The molecule has 0 unspecified atom stereocenters. The Morgan fingerprint density at radius 2 is 2.40 bits per heavy atom. The van der Waals surface area contributed by atoms with Crippen LogP contribution in [0.25, 0.3) is 4.96 Å². The van der Waals surface area contributed by atoms with E-state index in [9.17, 15) is 0 Å². The summed E-state index contributed by atoms with van der Waals surface area (Å²) in [7, 11) is 0. The first-order chi connectivity index (χ1) is 7.42. The highest BCUT2D eigenvalue weighted by molar-refractivity contribution is 7.15. The van der Waals surface area contributed by atoms with E-state index in [1.807, 2.05) is 12.4 Å². The zero-order chi connectivity index (χ0) is 10.5. The fourth-order valence-electron chi connectivity index (χ4n) is 1.52. The minimum atomic E-state index is 0.761. The molecule has 0 aliphatic rings. The van der Waals surface area contributed by atoms with Crippen LogP contribution in [0.4, 0.5) is 0 Å². The van der Waals surface area contributed by atoms with E-state index in [2.05, 4.69) is 20.1 Å². The summed E-state index contributed by atoms with van der Waals surface area (Å²) in [5.74, 6) is 0. The Labute approximate surface area is 93.1 Å². The number of hydrogen-bond acceptors (Lipinski definition) is 4. The van der Waals surface area contributed by atoms with Gasteiger partial charge in [0.1, 0.15) is 0 Å². The molecule has 2 aromatic heterocycles. The molecule has 0 fully saturated rings. The molecule has 4 nitrogen and oxygen atoms in total. The van der Waals surface area contributed by atoms with Crippen LogP contribution in [0.1, 0.15) is 12.1 Å². The molecule has 0 atom stereocenters. The van der Waals surface area contributed by atoms with Crippen molar-refractivity contribution in [3.8, 4) is 0 Å². The normalized spacial score (nSPS) is 11.3. The Hall–Kier alpha value is -0.910. The number of thiazole rings is 1. The third-order valence-corrected chi connectivity index (χ3v) is 3.24. The number of rotatable bonds is 6. The second-order valence-corrected chi connectivity index (χ2v) is 4.29. The number of imidazole rings is 1. The summed E-state index contributed by atoms with van der Waals surface area (Å²) in [6.07, 6.45) is 5.95. The summed E-state index contributed by atoms with van der Waals surface area (Å²) in [4.78, 5) is 5.32. The molecular formula is C10H16N4S. The predicted molar refractivity (Wildman–Crippen MR) is 63.3 cm³/mol. The molecule has 2 heterocycles. The van der Waals surface area contributed by atoms with Crippen LogP contribution in [0.3, 0.4) is 0 Å². The molecule has 0 saturated heterocycles. The SMILES string of the molecule is NCCCNCCc1csc2nccn12. The first-order valence-electron chi connectivity index (χ1n) is 5.22. The molecule has 0 spiro atoms. The van der Waals surface area contributed by atoms with Gasteiger partial charge in [0.15, 0.2) is 4.96 Å². The van der Waals surface area contributed by atoms with Crippen LogP contribution in [0.15, 0.2) is 17.8 Å². The van der Waals surface area contributed by atoms with E-state index in [4.69, 9.17) is 5.73 Å². The van der Waals surface area contributed by atoms with Gasteiger partial charge in [-0.2, -0.15) is 0 Å². The lowest BCUT2D eigenvalue weighted by molar-refractivity contribution is 0.647. The Kier molecular flexibility index (Phi) is 3.71. The Morgan fingerprint density at radius 1 is 1.47 bits per heavy atom. The molecule has 0 aliphatic carbocycles. The van der Waals surface area contributed by atoms with Crippen LogP contribution >= 0.6 is 11.3 Å². The Bertz CT molecular complexity index is 406. The first-order valence-corrected chi connectivity index (χ1v) is 6.10. The van der Waals surface area contributed by atoms with Crippen molar-refractivity contribution in [2.45, 2.75) is 12.8 Å². The van der Waals surface area contributed by atoms with Crippen LogP contribution in [0.5, 0.6) is 0 Å². The average Bonchev–Trinajstić information content (AvgIpc) is 2.81. The van der Waals surface area contributed by atoms with E-state index < -0.39 is 0 Å². The van der Waals surface area contributed by atoms with Crippen molar-refractivity contribution in [2.24, 2.45) is 5.73 Å². The lowest BCUT2D eigenvalue weighted by Gasteiger charge is -2.02. The first kappa shape index (κ1) is 10.6. The van der Waals surface area contributed by atoms with E-state index in [0.29, 0.717) is 0 Å². The number of fused-ring (bicyclic) bond motifs is 1. The molecule has 82 valence electrons. The van der Waals surface area contributed by atoms with Gasteiger partial charge >= 0.3 is 0 Å². The Balaban J connectivity index is 1.82. The number of nitrogens with zero attached hydrogens (tertiary/aromatic N) is 2. The van der Waals surface area contributed by atoms with E-state index in [1.165, 1.54) is 5.69 Å². The van der Waals surface area contributed by atoms with Crippen molar-refractivity contribution >= 4 is 16.3 Å². The second-order valence-electron chi connectivity index (χ2n) is 3.45. The van der Waals surface area contributed by atoms with E-state index >= 15 is 0 Å². The summed E-state index contributed by atoms with van der Waals surface area (Å²) >= 11 is 1.69. The van der Waals surface area contributed by atoms with Crippen molar-refractivity contribution in [3.05, 3.63) is 23.5 Å². The van der Waals surface area contributed by atoms with Gasteiger partial charge in [0.2, 0.25) is 0 Å². The molecule has 0 aliphatic heterocycles. The average molecular weight is 224 g/mol. The maximum absolute atomic E-state index is 5.42. The number of hydrogen-bond donors (Lipinski definition) is 2. The zero-order valence-corrected chi connectivity index (χ0v) is 9.46. The van der Waals surface area contributed by atoms with Gasteiger partial charge in [-0.25, -0.2) is 4.98 Å². The number of aromatic nitrogens is 2. The molecule has 0 amide bonds. The molecule has 2 rings (SSSR count). The van der Waals surface area contributed by atoms with E-state index in [-0.39, 0.29) is 0 Å². The highest BCUT2D eigenvalue weighted by atomic mass is 32.1. The van der Waals surface area contributed by atoms with Crippen LogP contribution in [0.2, 0.25) is 0 Å². The summed E-state index contributed by atoms with van der Waals surface area (Å²) < 4.78 is 2.15. The molecule has 3 N–H and O–H groups in total. The second kappa shape index (κ2) is 5.25. The third-order valence-electron chi connectivity index (χ3n) is 2.33. The molecule has 0 radical (unpaired) electrons. The summed E-state index contributed by atoms with van der Waals surface area (Å²) in [5, 5.41) is 5.55. The maximum atomic E-state index is 5.42. The van der Waals surface area contributed by atoms with Gasteiger partial charge in [-0.3, -0.25) is 4.40 Å². The smallest absolute Gasteiger partial charge is 0.193 e. The standard InChI is InChI=1S/C10H16N4S/c11-3-1-4-12-5-2-9-8-15-10-13-6-7-14(9)10/h6-8,12H,1-5,11H2. The van der Waals surface area contributed by atoms with Crippen LogP contribution in [-0.2, 0) is 6.42 Å².